The van der Waals surface area contributed by atoms with E-state index in [2.05, 4.69) is 10.3 Å². The molecule has 138 valence electrons. The summed E-state index contributed by atoms with van der Waals surface area (Å²) in [6.07, 6.45) is 3.75. The van der Waals surface area contributed by atoms with E-state index in [1.54, 1.807) is 18.2 Å². The summed E-state index contributed by atoms with van der Waals surface area (Å²) in [5.41, 5.74) is 0.422. The third-order valence-electron chi connectivity index (χ3n) is 4.75. The lowest BCUT2D eigenvalue weighted by Crippen LogP contribution is -2.40. The Morgan fingerprint density at radius 2 is 2.00 bits per heavy atom. The predicted molar refractivity (Wildman–Crippen MR) is 94.6 cm³/mol. The average Bonchev–Trinajstić information content (AvgIpc) is 3.13. The van der Waals surface area contributed by atoms with Crippen LogP contribution in [0.25, 0.3) is 10.9 Å². The number of amides is 1. The van der Waals surface area contributed by atoms with Gasteiger partial charge < -0.3 is 10.0 Å². The van der Waals surface area contributed by atoms with Crippen molar-refractivity contribution in [3.05, 3.63) is 34.6 Å². The summed E-state index contributed by atoms with van der Waals surface area (Å²) in [5.74, 6) is -1.03. The molecule has 0 spiro atoms. The van der Waals surface area contributed by atoms with E-state index in [1.807, 2.05) is 6.07 Å². The molecule has 26 heavy (non-hydrogen) atoms. The van der Waals surface area contributed by atoms with Crippen LogP contribution in [0.5, 0.6) is 0 Å². The van der Waals surface area contributed by atoms with Gasteiger partial charge >= 0.3 is 5.97 Å². The number of nitrogens with zero attached hydrogens (tertiary/aromatic N) is 4. The molecule has 3 rings (SSSR count). The number of likely N-dealkylation sites (tertiary alicyclic amines) is 1. The molecule has 2 heterocycles. The normalized spacial score (nSPS) is 16.9. The van der Waals surface area contributed by atoms with Crippen molar-refractivity contribution >= 4 is 22.8 Å². The van der Waals surface area contributed by atoms with E-state index < -0.39 is 12.0 Å². The fraction of sp³-hybridized carbons (Fsp3) is 0.500. The highest BCUT2D eigenvalue weighted by Gasteiger charge is 2.33. The summed E-state index contributed by atoms with van der Waals surface area (Å²) >= 11 is 0. The molecule has 1 N–H and O–H groups in total. The maximum absolute atomic E-state index is 12.3. The first-order chi connectivity index (χ1) is 12.6. The Bertz CT molecular complexity index is 864. The zero-order valence-corrected chi connectivity index (χ0v) is 14.5. The number of rotatable bonds is 7. The number of aromatic nitrogens is 3. The van der Waals surface area contributed by atoms with Crippen LogP contribution in [0.2, 0.25) is 0 Å². The molecule has 0 saturated carbocycles. The Balaban J connectivity index is 1.46. The van der Waals surface area contributed by atoms with E-state index in [0.717, 1.165) is 12.8 Å². The summed E-state index contributed by atoms with van der Waals surface area (Å²) in [6, 6.07) is 6.42. The van der Waals surface area contributed by atoms with Crippen LogP contribution in [-0.2, 0) is 16.1 Å². The fourth-order valence-corrected chi connectivity index (χ4v) is 3.35. The topological polar surface area (TPSA) is 105 Å². The van der Waals surface area contributed by atoms with E-state index in [4.69, 9.17) is 5.11 Å². The summed E-state index contributed by atoms with van der Waals surface area (Å²) in [7, 11) is 0. The first-order valence-electron chi connectivity index (χ1n) is 8.93. The lowest BCUT2D eigenvalue weighted by Gasteiger charge is -2.21. The first-order valence-corrected chi connectivity index (χ1v) is 8.93. The Morgan fingerprint density at radius 1 is 1.19 bits per heavy atom. The van der Waals surface area contributed by atoms with Crippen molar-refractivity contribution in [3.63, 3.8) is 0 Å². The number of hydrogen-bond acceptors (Lipinski definition) is 5. The lowest BCUT2D eigenvalue weighted by molar-refractivity contribution is -0.148. The molecule has 1 aliphatic rings. The number of carbonyl (C=O) groups is 2. The molecule has 1 aliphatic heterocycles. The molecule has 1 saturated heterocycles. The van der Waals surface area contributed by atoms with Gasteiger partial charge in [0, 0.05) is 19.5 Å². The zero-order chi connectivity index (χ0) is 18.5. The number of hydrogen-bond donors (Lipinski definition) is 1. The number of fused-ring (bicyclic) bond motifs is 1. The Labute approximate surface area is 150 Å². The number of carboxylic acid groups (broad SMARTS) is 1. The molecule has 8 heteroatoms. The molecule has 0 bridgehead atoms. The average molecular weight is 358 g/mol. The first kappa shape index (κ1) is 18.0. The van der Waals surface area contributed by atoms with Gasteiger partial charge in [-0.15, -0.1) is 5.10 Å². The van der Waals surface area contributed by atoms with Gasteiger partial charge in [-0.3, -0.25) is 9.59 Å². The van der Waals surface area contributed by atoms with Crippen LogP contribution < -0.4 is 5.56 Å². The largest absolute Gasteiger partial charge is 0.480 e. The van der Waals surface area contributed by atoms with E-state index in [9.17, 15) is 14.4 Å². The van der Waals surface area contributed by atoms with Crippen LogP contribution >= 0.6 is 0 Å². The zero-order valence-electron chi connectivity index (χ0n) is 14.5. The summed E-state index contributed by atoms with van der Waals surface area (Å²) in [6.45, 7) is 0.976. The van der Waals surface area contributed by atoms with Crippen LogP contribution in [-0.4, -0.2) is 49.5 Å². The lowest BCUT2D eigenvalue weighted by atomic mass is 10.1. The second kappa shape index (κ2) is 8.07. The molecule has 8 nitrogen and oxygen atoms in total. The van der Waals surface area contributed by atoms with E-state index in [0.29, 0.717) is 49.7 Å². The second-order valence-electron chi connectivity index (χ2n) is 6.53. The monoisotopic (exact) mass is 358 g/mol. The highest BCUT2D eigenvalue weighted by molar-refractivity contribution is 5.84. The van der Waals surface area contributed by atoms with Crippen molar-refractivity contribution in [1.82, 2.24) is 19.9 Å². The maximum Gasteiger partial charge on any atom is 0.326 e. The highest BCUT2D eigenvalue weighted by atomic mass is 16.4. The predicted octanol–water partition coefficient (Wildman–Crippen LogP) is 1.43. The molecule has 1 unspecified atom stereocenters. The number of carbonyl (C=O) groups excluding carboxylic acids is 1. The molecule has 1 amide bonds. The molecule has 1 aromatic heterocycles. The van der Waals surface area contributed by atoms with Gasteiger partial charge in [-0.05, 0) is 37.8 Å². The van der Waals surface area contributed by atoms with Gasteiger partial charge in [0.1, 0.15) is 11.6 Å². The van der Waals surface area contributed by atoms with Gasteiger partial charge in [-0.1, -0.05) is 23.8 Å². The van der Waals surface area contributed by atoms with E-state index in [-0.39, 0.29) is 11.5 Å². The van der Waals surface area contributed by atoms with Crippen molar-refractivity contribution in [3.8, 4) is 0 Å². The SMILES string of the molecule is O=C(O)C1CCCN1C(=O)CCCCCn1nnc2ccccc2c1=O. The molecular formula is C18H22N4O4. The third kappa shape index (κ3) is 3.89. The van der Waals surface area contributed by atoms with E-state index in [1.165, 1.54) is 9.58 Å². The number of aliphatic carboxylic acids is 1. The smallest absolute Gasteiger partial charge is 0.326 e. The third-order valence-corrected chi connectivity index (χ3v) is 4.75. The minimum atomic E-state index is -0.926. The molecule has 0 radical (unpaired) electrons. The quantitative estimate of drug-likeness (QED) is 0.751. The van der Waals surface area contributed by atoms with Gasteiger partial charge in [0.15, 0.2) is 0 Å². The Kier molecular flexibility index (Phi) is 5.60. The molecule has 1 aromatic carbocycles. The van der Waals surface area contributed by atoms with Crippen LogP contribution in [0.3, 0.4) is 0 Å². The number of aryl methyl sites for hydroxylation is 1. The van der Waals surface area contributed by atoms with Crippen molar-refractivity contribution in [1.29, 1.82) is 0 Å². The van der Waals surface area contributed by atoms with Crippen LogP contribution in [0, 0.1) is 0 Å². The second-order valence-corrected chi connectivity index (χ2v) is 6.53. The van der Waals surface area contributed by atoms with Crippen LogP contribution in [0.1, 0.15) is 38.5 Å². The van der Waals surface area contributed by atoms with Gasteiger partial charge in [0.2, 0.25) is 5.91 Å². The van der Waals surface area contributed by atoms with Gasteiger partial charge in [0.25, 0.3) is 5.56 Å². The molecule has 1 atom stereocenters. The fourth-order valence-electron chi connectivity index (χ4n) is 3.35. The number of carboxylic acids is 1. The summed E-state index contributed by atoms with van der Waals surface area (Å²) in [4.78, 5) is 37.1. The highest BCUT2D eigenvalue weighted by Crippen LogP contribution is 2.19. The Morgan fingerprint density at radius 3 is 2.81 bits per heavy atom. The van der Waals surface area contributed by atoms with Crippen molar-refractivity contribution in [2.75, 3.05) is 6.54 Å². The van der Waals surface area contributed by atoms with E-state index >= 15 is 0 Å². The molecular weight excluding hydrogens is 336 g/mol. The number of benzene rings is 1. The van der Waals surface area contributed by atoms with Gasteiger partial charge in [-0.25, -0.2) is 9.48 Å². The van der Waals surface area contributed by atoms with Gasteiger partial charge in [-0.2, -0.15) is 0 Å². The molecule has 2 aromatic rings. The minimum absolute atomic E-state index is 0.0995. The standard InChI is InChI=1S/C18H22N4O4/c23-16(21-11-6-9-15(21)18(25)26)10-2-1-5-12-22-17(24)13-7-3-4-8-14(13)19-20-22/h3-4,7-8,15H,1-2,5-6,9-12H2,(H,25,26). The van der Waals surface area contributed by atoms with Crippen molar-refractivity contribution < 1.29 is 14.7 Å². The molecule has 1 fully saturated rings. The van der Waals surface area contributed by atoms with Crippen molar-refractivity contribution in [2.45, 2.75) is 51.1 Å². The Hall–Kier alpha value is -2.77. The maximum atomic E-state index is 12.3. The number of unbranched alkanes of at least 4 members (excludes halogenated alkanes) is 2. The molecule has 0 aliphatic carbocycles. The van der Waals surface area contributed by atoms with Crippen LogP contribution in [0.15, 0.2) is 29.1 Å². The van der Waals surface area contributed by atoms with Crippen molar-refractivity contribution in [2.24, 2.45) is 0 Å². The summed E-state index contributed by atoms with van der Waals surface area (Å²) < 4.78 is 1.35. The van der Waals surface area contributed by atoms with Crippen LogP contribution in [0.4, 0.5) is 0 Å². The van der Waals surface area contributed by atoms with Gasteiger partial charge in [0.05, 0.1) is 5.39 Å². The summed E-state index contributed by atoms with van der Waals surface area (Å²) in [5, 5.41) is 17.7. The minimum Gasteiger partial charge on any atom is -0.480 e.